The van der Waals surface area contributed by atoms with E-state index in [9.17, 15) is 8.42 Å². The zero-order chi connectivity index (χ0) is 12.3. The SMILES string of the molecule is CCS(=O)(=O)CCN1CCN2CCCCC2C1. The normalized spacial score (nSPS) is 27.9. The molecular formula is C12H24N2O2S. The maximum absolute atomic E-state index is 11.5. The van der Waals surface area contributed by atoms with Crippen molar-refractivity contribution in [1.82, 2.24) is 9.80 Å². The van der Waals surface area contributed by atoms with Gasteiger partial charge in [-0.15, -0.1) is 0 Å². The molecule has 0 bridgehead atoms. The summed E-state index contributed by atoms with van der Waals surface area (Å²) in [5.41, 5.74) is 0. The largest absolute Gasteiger partial charge is 0.300 e. The van der Waals surface area contributed by atoms with Crippen LogP contribution in [0.25, 0.3) is 0 Å². The number of piperidine rings is 1. The van der Waals surface area contributed by atoms with Crippen molar-refractivity contribution in [3.8, 4) is 0 Å². The van der Waals surface area contributed by atoms with E-state index in [1.165, 1.54) is 25.8 Å². The van der Waals surface area contributed by atoms with Gasteiger partial charge < -0.3 is 0 Å². The molecule has 0 radical (unpaired) electrons. The topological polar surface area (TPSA) is 40.6 Å². The van der Waals surface area contributed by atoms with Crippen LogP contribution in [0.1, 0.15) is 26.2 Å². The van der Waals surface area contributed by atoms with E-state index in [1.54, 1.807) is 6.92 Å². The number of nitrogens with zero attached hydrogens (tertiary/aromatic N) is 2. The fraction of sp³-hybridized carbons (Fsp3) is 1.00. The smallest absolute Gasteiger partial charge is 0.151 e. The number of hydrogen-bond acceptors (Lipinski definition) is 4. The highest BCUT2D eigenvalue weighted by Gasteiger charge is 2.28. The monoisotopic (exact) mass is 260 g/mol. The lowest BCUT2D eigenvalue weighted by atomic mass is 10.00. The van der Waals surface area contributed by atoms with Crippen molar-refractivity contribution >= 4 is 9.84 Å². The standard InChI is InChI=1S/C12H24N2O2S/c1-2-17(15,16)10-9-13-7-8-14-6-4-3-5-12(14)11-13/h12H,2-11H2,1H3. The van der Waals surface area contributed by atoms with Crippen molar-refractivity contribution in [3.05, 3.63) is 0 Å². The summed E-state index contributed by atoms with van der Waals surface area (Å²) in [7, 11) is -2.80. The van der Waals surface area contributed by atoms with E-state index in [0.29, 0.717) is 11.8 Å². The molecule has 0 saturated carbocycles. The van der Waals surface area contributed by atoms with E-state index in [2.05, 4.69) is 9.80 Å². The first-order chi connectivity index (χ1) is 8.11. The zero-order valence-electron chi connectivity index (χ0n) is 10.8. The van der Waals surface area contributed by atoms with Crippen LogP contribution in [-0.2, 0) is 9.84 Å². The molecule has 0 amide bonds. The fourth-order valence-electron chi connectivity index (χ4n) is 2.84. The van der Waals surface area contributed by atoms with Gasteiger partial charge in [0.2, 0.25) is 0 Å². The van der Waals surface area contributed by atoms with Crippen molar-refractivity contribution in [2.75, 3.05) is 44.2 Å². The second-order valence-corrected chi connectivity index (χ2v) is 7.70. The molecule has 4 nitrogen and oxygen atoms in total. The van der Waals surface area contributed by atoms with Crippen LogP contribution in [0, 0.1) is 0 Å². The lowest BCUT2D eigenvalue weighted by molar-refractivity contribution is 0.0525. The van der Waals surface area contributed by atoms with E-state index in [4.69, 9.17) is 0 Å². The molecule has 17 heavy (non-hydrogen) atoms. The fourth-order valence-corrected chi connectivity index (χ4v) is 3.66. The van der Waals surface area contributed by atoms with Gasteiger partial charge >= 0.3 is 0 Å². The van der Waals surface area contributed by atoms with E-state index in [0.717, 1.165) is 26.2 Å². The van der Waals surface area contributed by atoms with E-state index in [1.807, 2.05) is 0 Å². The first kappa shape index (κ1) is 13.3. The number of hydrogen-bond donors (Lipinski definition) is 0. The summed E-state index contributed by atoms with van der Waals surface area (Å²) in [6.45, 7) is 6.92. The lowest BCUT2D eigenvalue weighted by Gasteiger charge is -2.44. The summed E-state index contributed by atoms with van der Waals surface area (Å²) >= 11 is 0. The molecule has 0 aliphatic carbocycles. The van der Waals surface area contributed by atoms with E-state index in [-0.39, 0.29) is 5.75 Å². The summed E-state index contributed by atoms with van der Waals surface area (Å²) in [6, 6.07) is 0.682. The average Bonchev–Trinajstić information content (AvgIpc) is 2.36. The molecule has 2 saturated heterocycles. The molecule has 0 spiro atoms. The molecule has 2 fully saturated rings. The quantitative estimate of drug-likeness (QED) is 0.742. The van der Waals surface area contributed by atoms with Crippen molar-refractivity contribution in [2.45, 2.75) is 32.2 Å². The first-order valence-corrected chi connectivity index (χ1v) is 8.59. The van der Waals surface area contributed by atoms with Crippen molar-refractivity contribution in [1.29, 1.82) is 0 Å². The third-order valence-electron chi connectivity index (χ3n) is 4.08. The molecular weight excluding hydrogens is 236 g/mol. The highest BCUT2D eigenvalue weighted by Crippen LogP contribution is 2.20. The van der Waals surface area contributed by atoms with E-state index < -0.39 is 9.84 Å². The number of fused-ring (bicyclic) bond motifs is 1. The van der Waals surface area contributed by atoms with Gasteiger partial charge in [-0.2, -0.15) is 0 Å². The number of rotatable bonds is 4. The summed E-state index contributed by atoms with van der Waals surface area (Å²) in [5, 5.41) is 0. The second-order valence-electron chi connectivity index (χ2n) is 5.22. The predicted octanol–water partition coefficient (Wildman–Crippen LogP) is 0.591. The molecule has 2 heterocycles. The molecule has 2 rings (SSSR count). The minimum atomic E-state index is -2.80. The van der Waals surface area contributed by atoms with Gasteiger partial charge in [-0.3, -0.25) is 9.80 Å². The van der Waals surface area contributed by atoms with Gasteiger partial charge in [0.15, 0.2) is 9.84 Å². The van der Waals surface area contributed by atoms with Gasteiger partial charge in [-0.25, -0.2) is 8.42 Å². The van der Waals surface area contributed by atoms with Crippen LogP contribution < -0.4 is 0 Å². The summed E-state index contributed by atoms with van der Waals surface area (Å²) in [4.78, 5) is 4.91. The Labute approximate surface area is 105 Å². The molecule has 0 aromatic carbocycles. The number of sulfone groups is 1. The Bertz CT molecular complexity index is 342. The Morgan fingerprint density at radius 3 is 2.76 bits per heavy atom. The highest BCUT2D eigenvalue weighted by molar-refractivity contribution is 7.91. The third-order valence-corrected chi connectivity index (χ3v) is 5.76. The maximum Gasteiger partial charge on any atom is 0.151 e. The molecule has 1 unspecified atom stereocenters. The van der Waals surface area contributed by atoms with Crippen LogP contribution in [0.4, 0.5) is 0 Å². The minimum Gasteiger partial charge on any atom is -0.300 e. The summed E-state index contributed by atoms with van der Waals surface area (Å²) in [6.07, 6.45) is 3.96. The Kier molecular flexibility index (Phi) is 4.44. The molecule has 2 aliphatic heterocycles. The minimum absolute atomic E-state index is 0.274. The van der Waals surface area contributed by atoms with Crippen LogP contribution in [0.2, 0.25) is 0 Å². The van der Waals surface area contributed by atoms with Crippen LogP contribution in [-0.4, -0.2) is 68.5 Å². The Hall–Kier alpha value is -0.130. The van der Waals surface area contributed by atoms with Gasteiger partial charge in [0.05, 0.1) is 5.75 Å². The van der Waals surface area contributed by atoms with Crippen LogP contribution in [0.5, 0.6) is 0 Å². The first-order valence-electron chi connectivity index (χ1n) is 6.77. The molecule has 1 atom stereocenters. The molecule has 0 aromatic heterocycles. The Morgan fingerprint density at radius 2 is 2.00 bits per heavy atom. The average molecular weight is 260 g/mol. The van der Waals surface area contributed by atoms with Gasteiger partial charge in [0.1, 0.15) is 0 Å². The highest BCUT2D eigenvalue weighted by atomic mass is 32.2. The number of piperazine rings is 1. The predicted molar refractivity (Wildman–Crippen MR) is 70.0 cm³/mol. The molecule has 2 aliphatic rings. The molecule has 100 valence electrons. The third kappa shape index (κ3) is 3.66. The van der Waals surface area contributed by atoms with Gasteiger partial charge in [0, 0.05) is 38.0 Å². The maximum atomic E-state index is 11.5. The second kappa shape index (κ2) is 5.67. The zero-order valence-corrected chi connectivity index (χ0v) is 11.6. The Balaban J connectivity index is 1.80. The van der Waals surface area contributed by atoms with Gasteiger partial charge in [0.25, 0.3) is 0 Å². The van der Waals surface area contributed by atoms with Crippen molar-refractivity contribution in [2.24, 2.45) is 0 Å². The molecule has 0 N–H and O–H groups in total. The Morgan fingerprint density at radius 1 is 1.18 bits per heavy atom. The van der Waals surface area contributed by atoms with Crippen LogP contribution >= 0.6 is 0 Å². The van der Waals surface area contributed by atoms with Gasteiger partial charge in [-0.05, 0) is 19.4 Å². The molecule has 5 heteroatoms. The summed E-state index contributed by atoms with van der Waals surface area (Å²) < 4.78 is 23.0. The molecule has 0 aromatic rings. The van der Waals surface area contributed by atoms with Gasteiger partial charge in [-0.1, -0.05) is 13.3 Å². The van der Waals surface area contributed by atoms with Crippen molar-refractivity contribution in [3.63, 3.8) is 0 Å². The van der Waals surface area contributed by atoms with E-state index >= 15 is 0 Å². The summed E-state index contributed by atoms with van der Waals surface area (Å²) in [5.74, 6) is 0.604. The van der Waals surface area contributed by atoms with Crippen molar-refractivity contribution < 1.29 is 8.42 Å². The van der Waals surface area contributed by atoms with Crippen LogP contribution in [0.15, 0.2) is 0 Å². The van der Waals surface area contributed by atoms with Crippen LogP contribution in [0.3, 0.4) is 0 Å². The lowest BCUT2D eigenvalue weighted by Crippen LogP contribution is -2.55.